The first-order chi connectivity index (χ1) is 9.40. The summed E-state index contributed by atoms with van der Waals surface area (Å²) in [7, 11) is 0. The molecule has 2 aromatic rings. The molecule has 1 heterocycles. The van der Waals surface area contributed by atoms with Crippen LogP contribution in [-0.2, 0) is 6.54 Å². The summed E-state index contributed by atoms with van der Waals surface area (Å²) in [5.41, 5.74) is 0.152. The second-order valence-electron chi connectivity index (χ2n) is 4.12. The SMILES string of the molecule is Cc1cc(NCc2c(F)c(F)cc(F)c2F)ncc1Br. The van der Waals surface area contributed by atoms with Gasteiger partial charge in [0.15, 0.2) is 23.3 Å². The standard InChI is InChI=1S/C13H9BrF4N2/c1-6-2-11(20-5-8(6)14)19-4-7-12(17)9(15)3-10(16)13(7)18/h2-3,5H,4H2,1H3,(H,19,20). The van der Waals surface area contributed by atoms with Gasteiger partial charge in [-0.25, -0.2) is 22.5 Å². The van der Waals surface area contributed by atoms with E-state index in [9.17, 15) is 17.6 Å². The van der Waals surface area contributed by atoms with Gasteiger partial charge in [0.2, 0.25) is 0 Å². The quantitative estimate of drug-likeness (QED) is 0.659. The summed E-state index contributed by atoms with van der Waals surface area (Å²) in [6, 6.07) is 1.81. The molecule has 1 aromatic carbocycles. The van der Waals surface area contributed by atoms with Gasteiger partial charge in [0.05, 0.1) is 0 Å². The van der Waals surface area contributed by atoms with E-state index in [0.29, 0.717) is 5.82 Å². The smallest absolute Gasteiger partial charge is 0.166 e. The van der Waals surface area contributed by atoms with E-state index in [-0.39, 0.29) is 6.07 Å². The second-order valence-corrected chi connectivity index (χ2v) is 4.97. The summed E-state index contributed by atoms with van der Waals surface area (Å²) in [6.07, 6.45) is 1.51. The number of aromatic nitrogens is 1. The number of benzene rings is 1. The van der Waals surface area contributed by atoms with Crippen molar-refractivity contribution in [3.8, 4) is 0 Å². The molecule has 0 atom stereocenters. The molecule has 1 aromatic heterocycles. The highest BCUT2D eigenvalue weighted by Gasteiger charge is 2.18. The maximum Gasteiger partial charge on any atom is 0.166 e. The van der Waals surface area contributed by atoms with Crippen LogP contribution in [0.15, 0.2) is 22.8 Å². The van der Waals surface area contributed by atoms with Gasteiger partial charge in [0, 0.05) is 28.8 Å². The lowest BCUT2D eigenvalue weighted by Crippen LogP contribution is -2.09. The van der Waals surface area contributed by atoms with Crippen LogP contribution in [0.25, 0.3) is 0 Å². The van der Waals surface area contributed by atoms with E-state index in [1.165, 1.54) is 6.20 Å². The number of pyridine rings is 1. The summed E-state index contributed by atoms with van der Waals surface area (Å²) in [4.78, 5) is 3.97. The first-order valence-corrected chi connectivity index (χ1v) is 6.37. The number of rotatable bonds is 3. The van der Waals surface area contributed by atoms with Gasteiger partial charge in [-0.15, -0.1) is 0 Å². The highest BCUT2D eigenvalue weighted by Crippen LogP contribution is 2.21. The van der Waals surface area contributed by atoms with Gasteiger partial charge < -0.3 is 5.32 Å². The van der Waals surface area contributed by atoms with E-state index in [1.807, 2.05) is 0 Å². The highest BCUT2D eigenvalue weighted by atomic mass is 79.9. The van der Waals surface area contributed by atoms with E-state index in [0.717, 1.165) is 10.0 Å². The first-order valence-electron chi connectivity index (χ1n) is 5.58. The van der Waals surface area contributed by atoms with Crippen LogP contribution in [0.1, 0.15) is 11.1 Å². The number of nitrogens with zero attached hydrogens (tertiary/aromatic N) is 1. The summed E-state index contributed by atoms with van der Waals surface area (Å²) < 4.78 is 53.7. The largest absolute Gasteiger partial charge is 0.366 e. The third-order valence-corrected chi connectivity index (χ3v) is 3.53. The van der Waals surface area contributed by atoms with Crippen LogP contribution in [0, 0.1) is 30.2 Å². The molecule has 0 unspecified atom stereocenters. The normalized spacial score (nSPS) is 10.7. The molecule has 0 radical (unpaired) electrons. The van der Waals surface area contributed by atoms with E-state index in [4.69, 9.17) is 0 Å². The molecular formula is C13H9BrF4N2. The van der Waals surface area contributed by atoms with Crippen molar-refractivity contribution in [3.63, 3.8) is 0 Å². The van der Waals surface area contributed by atoms with Crippen molar-refractivity contribution in [2.45, 2.75) is 13.5 Å². The van der Waals surface area contributed by atoms with Crippen molar-refractivity contribution in [2.75, 3.05) is 5.32 Å². The van der Waals surface area contributed by atoms with Gasteiger partial charge in [-0.1, -0.05) is 0 Å². The van der Waals surface area contributed by atoms with Crippen LogP contribution >= 0.6 is 15.9 Å². The summed E-state index contributed by atoms with van der Waals surface area (Å²) in [5.74, 6) is -5.34. The zero-order valence-electron chi connectivity index (χ0n) is 10.3. The zero-order valence-corrected chi connectivity index (χ0v) is 11.9. The van der Waals surface area contributed by atoms with Crippen LogP contribution in [0.2, 0.25) is 0 Å². The number of anilines is 1. The fourth-order valence-corrected chi connectivity index (χ4v) is 1.81. The highest BCUT2D eigenvalue weighted by molar-refractivity contribution is 9.10. The topological polar surface area (TPSA) is 24.9 Å². The minimum absolute atomic E-state index is 0.177. The molecule has 7 heteroatoms. The predicted octanol–water partition coefficient (Wildman–Crippen LogP) is 4.32. The van der Waals surface area contributed by atoms with E-state index >= 15 is 0 Å². The first kappa shape index (κ1) is 14.8. The Hall–Kier alpha value is -1.63. The van der Waals surface area contributed by atoms with Crippen molar-refractivity contribution >= 4 is 21.7 Å². The molecular weight excluding hydrogens is 340 g/mol. The Balaban J connectivity index is 2.25. The molecule has 0 saturated heterocycles. The molecule has 0 saturated carbocycles. The van der Waals surface area contributed by atoms with Crippen molar-refractivity contribution in [3.05, 3.63) is 57.2 Å². The van der Waals surface area contributed by atoms with Crippen LogP contribution < -0.4 is 5.32 Å². The number of hydrogen-bond donors (Lipinski definition) is 1. The monoisotopic (exact) mass is 348 g/mol. The van der Waals surface area contributed by atoms with Gasteiger partial charge in [0.25, 0.3) is 0 Å². The number of hydrogen-bond acceptors (Lipinski definition) is 2. The van der Waals surface area contributed by atoms with Gasteiger partial charge in [0.1, 0.15) is 5.82 Å². The molecule has 0 bridgehead atoms. The Labute approximate surface area is 121 Å². The molecule has 1 N–H and O–H groups in total. The molecule has 0 fully saturated rings. The molecule has 0 aliphatic heterocycles. The maximum atomic E-state index is 13.4. The van der Waals surface area contributed by atoms with Crippen molar-refractivity contribution in [1.82, 2.24) is 4.98 Å². The van der Waals surface area contributed by atoms with Gasteiger partial charge >= 0.3 is 0 Å². The molecule has 0 spiro atoms. The van der Waals surface area contributed by atoms with Crippen molar-refractivity contribution < 1.29 is 17.6 Å². The van der Waals surface area contributed by atoms with Gasteiger partial charge in [-0.05, 0) is 34.5 Å². The molecule has 20 heavy (non-hydrogen) atoms. The average Bonchev–Trinajstić information content (AvgIpc) is 2.40. The molecule has 106 valence electrons. The Kier molecular flexibility index (Phi) is 4.27. The Bertz CT molecular complexity index is 635. The van der Waals surface area contributed by atoms with E-state index in [1.54, 1.807) is 13.0 Å². The third-order valence-electron chi connectivity index (χ3n) is 2.70. The Morgan fingerprint density at radius 1 is 1.10 bits per heavy atom. The van der Waals surface area contributed by atoms with Crippen LogP contribution in [0.3, 0.4) is 0 Å². The second kappa shape index (κ2) is 5.78. The third kappa shape index (κ3) is 2.92. The molecule has 0 aliphatic rings. The molecule has 2 rings (SSSR count). The molecule has 0 amide bonds. The van der Waals surface area contributed by atoms with E-state index < -0.39 is 35.4 Å². The summed E-state index contributed by atoms with van der Waals surface area (Å²) >= 11 is 3.26. The average molecular weight is 349 g/mol. The zero-order chi connectivity index (χ0) is 14.9. The fraction of sp³-hybridized carbons (Fsp3) is 0.154. The lowest BCUT2D eigenvalue weighted by Gasteiger charge is -2.10. The van der Waals surface area contributed by atoms with Gasteiger partial charge in [-0.3, -0.25) is 0 Å². The summed E-state index contributed by atoms with van der Waals surface area (Å²) in [6.45, 7) is 1.39. The lowest BCUT2D eigenvalue weighted by molar-refractivity contribution is 0.441. The number of halogens is 5. The number of aryl methyl sites for hydroxylation is 1. The molecule has 2 nitrogen and oxygen atoms in total. The van der Waals surface area contributed by atoms with E-state index in [2.05, 4.69) is 26.2 Å². The van der Waals surface area contributed by atoms with Crippen molar-refractivity contribution in [1.29, 1.82) is 0 Å². The summed E-state index contributed by atoms with van der Waals surface area (Å²) in [5, 5.41) is 2.62. The van der Waals surface area contributed by atoms with Crippen LogP contribution in [0.4, 0.5) is 23.4 Å². The maximum absolute atomic E-state index is 13.4. The Morgan fingerprint density at radius 2 is 1.70 bits per heavy atom. The Morgan fingerprint density at radius 3 is 2.25 bits per heavy atom. The van der Waals surface area contributed by atoms with Crippen molar-refractivity contribution in [2.24, 2.45) is 0 Å². The minimum Gasteiger partial charge on any atom is -0.366 e. The lowest BCUT2D eigenvalue weighted by atomic mass is 10.1. The minimum atomic E-state index is -1.43. The predicted molar refractivity (Wildman–Crippen MR) is 70.3 cm³/mol. The van der Waals surface area contributed by atoms with Crippen LogP contribution in [-0.4, -0.2) is 4.98 Å². The number of nitrogens with one attached hydrogen (secondary N) is 1. The fourth-order valence-electron chi connectivity index (χ4n) is 1.59. The van der Waals surface area contributed by atoms with Gasteiger partial charge in [-0.2, -0.15) is 0 Å². The van der Waals surface area contributed by atoms with Crippen LogP contribution in [0.5, 0.6) is 0 Å². The molecule has 0 aliphatic carbocycles.